The first kappa shape index (κ1) is 13.8. The summed E-state index contributed by atoms with van der Waals surface area (Å²) in [4.78, 5) is 27.0. The van der Waals surface area contributed by atoms with Crippen LogP contribution >= 0.6 is 0 Å². The molecule has 0 radical (unpaired) electrons. The summed E-state index contributed by atoms with van der Waals surface area (Å²) in [7, 11) is 0. The molecule has 0 amide bonds. The second-order valence-electron chi connectivity index (χ2n) is 4.63. The van der Waals surface area contributed by atoms with E-state index in [1.807, 2.05) is 30.3 Å². The van der Waals surface area contributed by atoms with E-state index < -0.39 is 11.9 Å². The van der Waals surface area contributed by atoms with Gasteiger partial charge in [0.2, 0.25) is 5.90 Å². The minimum absolute atomic E-state index is 0.107. The van der Waals surface area contributed by atoms with Crippen molar-refractivity contribution >= 4 is 23.9 Å². The van der Waals surface area contributed by atoms with Crippen LogP contribution < -0.4 is 0 Å². The van der Waals surface area contributed by atoms with Crippen molar-refractivity contribution in [1.82, 2.24) is 0 Å². The number of carbonyl (C=O) groups excluding carboxylic acids is 1. The van der Waals surface area contributed by atoms with Gasteiger partial charge in [0.05, 0.1) is 5.56 Å². The minimum atomic E-state index is -1.05. The lowest BCUT2D eigenvalue weighted by atomic mass is 10.1. The normalized spacial score (nSPS) is 15.5. The molecular formula is C17H11NO4. The number of hydrogen-bond acceptors (Lipinski definition) is 4. The number of carboxylic acids is 1. The number of aromatic carboxylic acids is 1. The number of carbonyl (C=O) groups is 2. The van der Waals surface area contributed by atoms with E-state index in [1.165, 1.54) is 12.1 Å². The molecule has 0 aromatic heterocycles. The summed E-state index contributed by atoms with van der Waals surface area (Å²) < 4.78 is 5.12. The number of ether oxygens (including phenoxy) is 1. The van der Waals surface area contributed by atoms with Crippen molar-refractivity contribution in [3.8, 4) is 0 Å². The predicted octanol–water partition coefficient (Wildman–Crippen LogP) is 2.73. The quantitative estimate of drug-likeness (QED) is 0.697. The van der Waals surface area contributed by atoms with Crippen LogP contribution in [0.5, 0.6) is 0 Å². The summed E-state index contributed by atoms with van der Waals surface area (Å²) in [5.41, 5.74) is 1.57. The SMILES string of the molecule is O=C1OC(c2cccc(C(=O)O)c2)=N/C1=C/c1ccccc1. The van der Waals surface area contributed by atoms with Gasteiger partial charge in [0, 0.05) is 5.56 Å². The zero-order chi connectivity index (χ0) is 15.5. The Kier molecular flexibility index (Phi) is 3.53. The molecule has 0 spiro atoms. The smallest absolute Gasteiger partial charge is 0.363 e. The van der Waals surface area contributed by atoms with Gasteiger partial charge in [-0.15, -0.1) is 0 Å². The van der Waals surface area contributed by atoms with Crippen molar-refractivity contribution in [2.45, 2.75) is 0 Å². The van der Waals surface area contributed by atoms with E-state index in [-0.39, 0.29) is 17.2 Å². The minimum Gasteiger partial charge on any atom is -0.478 e. The van der Waals surface area contributed by atoms with E-state index in [0.717, 1.165) is 5.56 Å². The zero-order valence-electron chi connectivity index (χ0n) is 11.4. The van der Waals surface area contributed by atoms with Crippen molar-refractivity contribution in [1.29, 1.82) is 0 Å². The van der Waals surface area contributed by atoms with Gasteiger partial charge in [0.25, 0.3) is 0 Å². The molecule has 0 saturated heterocycles. The molecule has 0 fully saturated rings. The van der Waals surface area contributed by atoms with Gasteiger partial charge in [-0.05, 0) is 29.8 Å². The van der Waals surface area contributed by atoms with Crippen LogP contribution in [0.25, 0.3) is 6.08 Å². The molecule has 5 nitrogen and oxygen atoms in total. The third-order valence-electron chi connectivity index (χ3n) is 3.08. The Morgan fingerprint density at radius 3 is 2.59 bits per heavy atom. The average molecular weight is 293 g/mol. The van der Waals surface area contributed by atoms with E-state index in [1.54, 1.807) is 18.2 Å². The molecular weight excluding hydrogens is 282 g/mol. The van der Waals surface area contributed by atoms with Crippen molar-refractivity contribution in [3.63, 3.8) is 0 Å². The van der Waals surface area contributed by atoms with Crippen LogP contribution in [0.2, 0.25) is 0 Å². The van der Waals surface area contributed by atoms with Crippen LogP contribution in [-0.4, -0.2) is 22.9 Å². The number of carboxylic acid groups (broad SMARTS) is 1. The highest BCUT2D eigenvalue weighted by molar-refractivity contribution is 6.13. The van der Waals surface area contributed by atoms with Gasteiger partial charge in [0.1, 0.15) is 0 Å². The maximum Gasteiger partial charge on any atom is 0.363 e. The van der Waals surface area contributed by atoms with Gasteiger partial charge in [-0.25, -0.2) is 14.6 Å². The largest absolute Gasteiger partial charge is 0.478 e. The first-order valence-electron chi connectivity index (χ1n) is 6.55. The van der Waals surface area contributed by atoms with Crippen LogP contribution in [0.15, 0.2) is 65.3 Å². The van der Waals surface area contributed by atoms with Crippen molar-refractivity contribution in [3.05, 3.63) is 77.0 Å². The van der Waals surface area contributed by atoms with Crippen LogP contribution in [0.3, 0.4) is 0 Å². The molecule has 3 rings (SSSR count). The van der Waals surface area contributed by atoms with Gasteiger partial charge >= 0.3 is 11.9 Å². The summed E-state index contributed by atoms with van der Waals surface area (Å²) in [5.74, 6) is -1.50. The fraction of sp³-hybridized carbons (Fsp3) is 0. The van der Waals surface area contributed by atoms with Gasteiger partial charge in [0.15, 0.2) is 5.70 Å². The first-order valence-corrected chi connectivity index (χ1v) is 6.55. The Morgan fingerprint density at radius 1 is 1.09 bits per heavy atom. The molecule has 1 heterocycles. The molecule has 0 bridgehead atoms. The number of hydrogen-bond donors (Lipinski definition) is 1. The molecule has 0 aliphatic carbocycles. The third-order valence-corrected chi connectivity index (χ3v) is 3.08. The number of esters is 1. The molecule has 5 heteroatoms. The monoisotopic (exact) mass is 293 g/mol. The molecule has 0 unspecified atom stereocenters. The Hall–Kier alpha value is -3.21. The highest BCUT2D eigenvalue weighted by Crippen LogP contribution is 2.19. The number of rotatable bonds is 3. The van der Waals surface area contributed by atoms with E-state index in [4.69, 9.17) is 9.84 Å². The molecule has 1 aliphatic rings. The van der Waals surface area contributed by atoms with Gasteiger partial charge in [-0.3, -0.25) is 0 Å². The number of nitrogens with zero attached hydrogens (tertiary/aromatic N) is 1. The second kappa shape index (κ2) is 5.65. The maximum absolute atomic E-state index is 11.9. The van der Waals surface area contributed by atoms with Crippen molar-refractivity contribution < 1.29 is 19.4 Å². The van der Waals surface area contributed by atoms with Gasteiger partial charge in [-0.1, -0.05) is 36.4 Å². The van der Waals surface area contributed by atoms with E-state index >= 15 is 0 Å². The predicted molar refractivity (Wildman–Crippen MR) is 80.4 cm³/mol. The summed E-state index contributed by atoms with van der Waals surface area (Å²) >= 11 is 0. The fourth-order valence-electron chi connectivity index (χ4n) is 2.03. The average Bonchev–Trinajstić information content (AvgIpc) is 2.89. The second-order valence-corrected chi connectivity index (χ2v) is 4.63. The van der Waals surface area contributed by atoms with Crippen LogP contribution in [0.4, 0.5) is 0 Å². The topological polar surface area (TPSA) is 76.0 Å². The highest BCUT2D eigenvalue weighted by atomic mass is 16.6. The third kappa shape index (κ3) is 2.78. The number of aliphatic imine (C=N–C) groups is 1. The molecule has 22 heavy (non-hydrogen) atoms. The van der Waals surface area contributed by atoms with E-state index in [9.17, 15) is 9.59 Å². The molecule has 1 aliphatic heterocycles. The van der Waals surface area contributed by atoms with Gasteiger partial charge < -0.3 is 9.84 Å². The Bertz CT molecular complexity index is 806. The zero-order valence-corrected chi connectivity index (χ0v) is 11.4. The Labute approximate surface area is 126 Å². The van der Waals surface area contributed by atoms with Crippen LogP contribution in [0, 0.1) is 0 Å². The number of cyclic esters (lactones) is 1. The molecule has 108 valence electrons. The fourth-order valence-corrected chi connectivity index (χ4v) is 2.03. The summed E-state index contributed by atoms with van der Waals surface area (Å²) in [6, 6.07) is 15.4. The Balaban J connectivity index is 1.95. The number of benzene rings is 2. The molecule has 0 saturated carbocycles. The lowest BCUT2D eigenvalue weighted by Gasteiger charge is -2.00. The summed E-state index contributed by atoms with van der Waals surface area (Å²) in [6.07, 6.45) is 1.62. The van der Waals surface area contributed by atoms with Crippen LogP contribution in [-0.2, 0) is 9.53 Å². The van der Waals surface area contributed by atoms with Crippen LogP contribution in [0.1, 0.15) is 21.5 Å². The van der Waals surface area contributed by atoms with Crippen molar-refractivity contribution in [2.24, 2.45) is 4.99 Å². The van der Waals surface area contributed by atoms with Gasteiger partial charge in [-0.2, -0.15) is 0 Å². The molecule has 2 aromatic carbocycles. The Morgan fingerprint density at radius 2 is 1.86 bits per heavy atom. The standard InChI is InChI=1S/C17H11NO4/c19-16(20)13-8-4-7-12(10-13)15-18-14(17(21)22-15)9-11-5-2-1-3-6-11/h1-10H,(H,19,20)/b14-9+. The molecule has 0 atom stereocenters. The van der Waals surface area contributed by atoms with E-state index in [2.05, 4.69) is 4.99 Å². The summed E-state index contributed by atoms with van der Waals surface area (Å²) in [5, 5.41) is 8.99. The van der Waals surface area contributed by atoms with Crippen molar-refractivity contribution in [2.75, 3.05) is 0 Å². The van der Waals surface area contributed by atoms with E-state index in [0.29, 0.717) is 5.56 Å². The lowest BCUT2D eigenvalue weighted by Crippen LogP contribution is -2.06. The maximum atomic E-state index is 11.9. The first-order chi connectivity index (χ1) is 10.6. The molecule has 2 aromatic rings. The summed E-state index contributed by atoms with van der Waals surface area (Å²) in [6.45, 7) is 0. The highest BCUT2D eigenvalue weighted by Gasteiger charge is 2.24. The lowest BCUT2D eigenvalue weighted by molar-refractivity contribution is -0.129. The molecule has 1 N–H and O–H groups in total.